The summed E-state index contributed by atoms with van der Waals surface area (Å²) < 4.78 is 11.4. The van der Waals surface area contributed by atoms with Crippen molar-refractivity contribution in [2.75, 3.05) is 32.8 Å². The molecule has 3 fully saturated rings. The molecule has 154 valence electrons. The first-order valence-electron chi connectivity index (χ1n) is 11.1. The highest BCUT2D eigenvalue weighted by atomic mass is 16.5. The van der Waals surface area contributed by atoms with E-state index in [1.54, 1.807) is 0 Å². The monoisotopic (exact) mass is 386 g/mol. The summed E-state index contributed by atoms with van der Waals surface area (Å²) in [6.07, 6.45) is 10.1. The average molecular weight is 387 g/mol. The van der Waals surface area contributed by atoms with E-state index in [2.05, 4.69) is 10.2 Å². The average Bonchev–Trinajstić information content (AvgIpc) is 3.42. The SMILES string of the molecule is O=C(NC1CCN(CC2CCCC2)CC1)c1ccc(OCC2CCCO2)cc1. The van der Waals surface area contributed by atoms with Crippen LogP contribution in [-0.4, -0.2) is 55.8 Å². The molecule has 1 aliphatic carbocycles. The molecule has 5 heteroatoms. The van der Waals surface area contributed by atoms with E-state index >= 15 is 0 Å². The van der Waals surface area contributed by atoms with Crippen LogP contribution in [0.3, 0.4) is 0 Å². The number of rotatable bonds is 7. The molecule has 4 rings (SSSR count). The van der Waals surface area contributed by atoms with Gasteiger partial charge in [0, 0.05) is 37.8 Å². The van der Waals surface area contributed by atoms with Crippen LogP contribution in [0, 0.1) is 5.92 Å². The molecular formula is C23H34N2O3. The highest BCUT2D eigenvalue weighted by Crippen LogP contribution is 2.26. The minimum absolute atomic E-state index is 0.0277. The molecule has 1 N–H and O–H groups in total. The summed E-state index contributed by atoms with van der Waals surface area (Å²) in [5, 5.41) is 3.22. The Morgan fingerprint density at radius 2 is 1.79 bits per heavy atom. The van der Waals surface area contributed by atoms with E-state index in [4.69, 9.17) is 9.47 Å². The van der Waals surface area contributed by atoms with Gasteiger partial charge < -0.3 is 19.7 Å². The second kappa shape index (κ2) is 9.75. The third-order valence-electron chi connectivity index (χ3n) is 6.49. The standard InChI is InChI=1S/C23H34N2O3/c26-23(19-7-9-21(10-8-19)28-17-22-6-3-15-27-22)24-20-11-13-25(14-12-20)16-18-4-1-2-5-18/h7-10,18,20,22H,1-6,11-17H2,(H,24,26). The van der Waals surface area contributed by atoms with E-state index in [0.717, 1.165) is 57.0 Å². The molecule has 1 atom stereocenters. The summed E-state index contributed by atoms with van der Waals surface area (Å²) in [5.74, 6) is 1.74. The summed E-state index contributed by atoms with van der Waals surface area (Å²) in [7, 11) is 0. The lowest BCUT2D eigenvalue weighted by molar-refractivity contribution is 0.0679. The Kier molecular flexibility index (Phi) is 6.86. The zero-order chi connectivity index (χ0) is 19.2. The molecule has 3 aliphatic rings. The summed E-state index contributed by atoms with van der Waals surface area (Å²) in [6.45, 7) is 4.90. The van der Waals surface area contributed by atoms with Crippen molar-refractivity contribution in [2.45, 2.75) is 63.5 Å². The molecule has 1 unspecified atom stereocenters. The fourth-order valence-electron chi connectivity index (χ4n) is 4.75. The van der Waals surface area contributed by atoms with Gasteiger partial charge in [-0.1, -0.05) is 12.8 Å². The maximum Gasteiger partial charge on any atom is 0.251 e. The van der Waals surface area contributed by atoms with Crippen molar-refractivity contribution in [1.82, 2.24) is 10.2 Å². The number of nitrogens with one attached hydrogen (secondary N) is 1. The summed E-state index contributed by atoms with van der Waals surface area (Å²) in [5.41, 5.74) is 0.706. The van der Waals surface area contributed by atoms with Crippen molar-refractivity contribution in [3.63, 3.8) is 0 Å². The van der Waals surface area contributed by atoms with Gasteiger partial charge in [-0.05, 0) is 68.7 Å². The van der Waals surface area contributed by atoms with E-state index in [9.17, 15) is 4.79 Å². The predicted octanol–water partition coefficient (Wildman–Crippen LogP) is 3.63. The predicted molar refractivity (Wildman–Crippen MR) is 110 cm³/mol. The summed E-state index contributed by atoms with van der Waals surface area (Å²) in [6, 6.07) is 7.77. The van der Waals surface area contributed by atoms with Gasteiger partial charge in [-0.2, -0.15) is 0 Å². The molecule has 2 aliphatic heterocycles. The fourth-order valence-corrected chi connectivity index (χ4v) is 4.75. The van der Waals surface area contributed by atoms with Crippen molar-refractivity contribution in [3.8, 4) is 5.75 Å². The Bertz CT molecular complexity index is 613. The van der Waals surface area contributed by atoms with Crippen molar-refractivity contribution < 1.29 is 14.3 Å². The molecule has 1 saturated carbocycles. The Labute approximate surface area is 168 Å². The van der Waals surface area contributed by atoms with Gasteiger partial charge in [0.1, 0.15) is 12.4 Å². The summed E-state index contributed by atoms with van der Waals surface area (Å²) in [4.78, 5) is 15.2. The molecule has 0 aromatic heterocycles. The van der Waals surface area contributed by atoms with Crippen LogP contribution >= 0.6 is 0 Å². The van der Waals surface area contributed by atoms with Gasteiger partial charge in [0.25, 0.3) is 5.91 Å². The zero-order valence-corrected chi connectivity index (χ0v) is 16.9. The quantitative estimate of drug-likeness (QED) is 0.777. The Morgan fingerprint density at radius 3 is 2.46 bits per heavy atom. The topological polar surface area (TPSA) is 50.8 Å². The normalized spacial score (nSPS) is 24.5. The van der Waals surface area contributed by atoms with Crippen molar-refractivity contribution >= 4 is 5.91 Å². The van der Waals surface area contributed by atoms with Gasteiger partial charge in [0.15, 0.2) is 0 Å². The van der Waals surface area contributed by atoms with E-state index in [1.807, 2.05) is 24.3 Å². The maximum atomic E-state index is 12.6. The Hall–Kier alpha value is -1.59. The number of ether oxygens (including phenoxy) is 2. The number of amides is 1. The molecule has 28 heavy (non-hydrogen) atoms. The van der Waals surface area contributed by atoms with E-state index in [1.165, 1.54) is 32.2 Å². The molecule has 1 amide bonds. The van der Waals surface area contributed by atoms with Crippen LogP contribution in [0.5, 0.6) is 5.75 Å². The molecule has 1 aromatic carbocycles. The van der Waals surface area contributed by atoms with Crippen molar-refractivity contribution in [1.29, 1.82) is 0 Å². The number of piperidine rings is 1. The number of carbonyl (C=O) groups is 1. The second-order valence-electron chi connectivity index (χ2n) is 8.67. The highest BCUT2D eigenvalue weighted by molar-refractivity contribution is 5.94. The smallest absolute Gasteiger partial charge is 0.251 e. The minimum Gasteiger partial charge on any atom is -0.491 e. The van der Waals surface area contributed by atoms with Crippen LogP contribution in [-0.2, 0) is 4.74 Å². The van der Waals surface area contributed by atoms with Gasteiger partial charge in [0.05, 0.1) is 6.10 Å². The lowest BCUT2D eigenvalue weighted by Crippen LogP contribution is -2.45. The molecule has 1 aromatic rings. The first-order chi connectivity index (χ1) is 13.8. The fraction of sp³-hybridized carbons (Fsp3) is 0.696. The lowest BCUT2D eigenvalue weighted by Gasteiger charge is -2.33. The van der Waals surface area contributed by atoms with Crippen molar-refractivity contribution in [3.05, 3.63) is 29.8 Å². The molecular weight excluding hydrogens is 352 g/mol. The number of hydrogen-bond donors (Lipinski definition) is 1. The van der Waals surface area contributed by atoms with Gasteiger partial charge in [-0.25, -0.2) is 0 Å². The number of likely N-dealkylation sites (tertiary alicyclic amines) is 1. The molecule has 0 radical (unpaired) electrons. The third kappa shape index (κ3) is 5.48. The summed E-state index contributed by atoms with van der Waals surface area (Å²) >= 11 is 0. The molecule has 2 saturated heterocycles. The van der Waals surface area contributed by atoms with Crippen LogP contribution < -0.4 is 10.1 Å². The lowest BCUT2D eigenvalue weighted by atomic mass is 10.0. The first-order valence-corrected chi connectivity index (χ1v) is 11.1. The third-order valence-corrected chi connectivity index (χ3v) is 6.49. The largest absolute Gasteiger partial charge is 0.491 e. The Balaban J connectivity index is 1.18. The second-order valence-corrected chi connectivity index (χ2v) is 8.67. The molecule has 0 spiro atoms. The van der Waals surface area contributed by atoms with Crippen LogP contribution in [0.1, 0.15) is 61.7 Å². The van der Waals surface area contributed by atoms with Gasteiger partial charge >= 0.3 is 0 Å². The minimum atomic E-state index is 0.0277. The van der Waals surface area contributed by atoms with Crippen LogP contribution in [0.15, 0.2) is 24.3 Å². The van der Waals surface area contributed by atoms with Crippen LogP contribution in [0.25, 0.3) is 0 Å². The Morgan fingerprint density at radius 1 is 1.04 bits per heavy atom. The first kappa shape index (κ1) is 19.7. The van der Waals surface area contributed by atoms with Gasteiger partial charge in [0.2, 0.25) is 0 Å². The number of nitrogens with zero attached hydrogens (tertiary/aromatic N) is 1. The number of hydrogen-bond acceptors (Lipinski definition) is 4. The maximum absolute atomic E-state index is 12.6. The zero-order valence-electron chi connectivity index (χ0n) is 16.9. The van der Waals surface area contributed by atoms with E-state index in [0.29, 0.717) is 18.2 Å². The molecule has 5 nitrogen and oxygen atoms in total. The molecule has 0 bridgehead atoms. The number of benzene rings is 1. The van der Waals surface area contributed by atoms with E-state index < -0.39 is 0 Å². The van der Waals surface area contributed by atoms with Crippen molar-refractivity contribution in [2.24, 2.45) is 5.92 Å². The van der Waals surface area contributed by atoms with Crippen LogP contribution in [0.2, 0.25) is 0 Å². The van der Waals surface area contributed by atoms with Gasteiger partial charge in [-0.3, -0.25) is 4.79 Å². The van der Waals surface area contributed by atoms with E-state index in [-0.39, 0.29) is 12.0 Å². The van der Waals surface area contributed by atoms with Crippen LogP contribution in [0.4, 0.5) is 0 Å². The molecule has 2 heterocycles. The highest BCUT2D eigenvalue weighted by Gasteiger charge is 2.24. The van der Waals surface area contributed by atoms with Gasteiger partial charge in [-0.15, -0.1) is 0 Å². The number of carbonyl (C=O) groups excluding carboxylic acids is 1.